The van der Waals surface area contributed by atoms with E-state index < -0.39 is 10.0 Å². The topological polar surface area (TPSA) is 52.7 Å². The summed E-state index contributed by atoms with van der Waals surface area (Å²) in [6.45, 7) is 3.95. The first-order valence-electron chi connectivity index (χ1n) is 11.1. The van der Waals surface area contributed by atoms with Crippen LogP contribution in [0.5, 0.6) is 0 Å². The zero-order valence-corrected chi connectivity index (χ0v) is 18.4. The third kappa shape index (κ3) is 4.13. The first-order valence-corrected chi connectivity index (χ1v) is 13.0. The van der Waals surface area contributed by atoms with Crippen molar-refractivity contribution in [1.82, 2.24) is 9.62 Å². The van der Waals surface area contributed by atoms with Crippen LogP contribution in [-0.4, -0.2) is 57.8 Å². The van der Waals surface area contributed by atoms with E-state index in [9.17, 15) is 8.42 Å². The molecule has 2 atom stereocenters. The van der Waals surface area contributed by atoms with Crippen LogP contribution in [0, 0.1) is 0 Å². The van der Waals surface area contributed by atoms with Gasteiger partial charge in [0, 0.05) is 30.7 Å². The molecule has 0 spiro atoms. The van der Waals surface area contributed by atoms with Gasteiger partial charge in [-0.25, -0.2) is 13.1 Å². The van der Waals surface area contributed by atoms with Crippen LogP contribution in [-0.2, 0) is 22.9 Å². The highest BCUT2D eigenvalue weighted by Gasteiger charge is 2.37. The molecule has 1 N–H and O–H groups in total. The van der Waals surface area contributed by atoms with Gasteiger partial charge in [-0.05, 0) is 67.6 Å². The van der Waals surface area contributed by atoms with Crippen molar-refractivity contribution in [2.75, 3.05) is 37.3 Å². The Morgan fingerprint density at radius 3 is 2.50 bits per heavy atom. The molecule has 160 valence electrons. The van der Waals surface area contributed by atoms with Gasteiger partial charge >= 0.3 is 0 Å². The van der Waals surface area contributed by atoms with Crippen molar-refractivity contribution in [2.45, 2.75) is 43.7 Å². The molecule has 2 saturated heterocycles. The molecule has 2 aromatic carbocycles. The Balaban J connectivity index is 1.39. The van der Waals surface area contributed by atoms with E-state index in [0.29, 0.717) is 12.0 Å². The number of benzene rings is 2. The number of hydrogen-bond donors (Lipinski definition) is 1. The summed E-state index contributed by atoms with van der Waals surface area (Å²) in [5, 5.41) is 0. The summed E-state index contributed by atoms with van der Waals surface area (Å²) in [5.74, 6) is 0.516. The maximum Gasteiger partial charge on any atom is 0.209 e. The van der Waals surface area contributed by atoms with E-state index in [-0.39, 0.29) is 6.04 Å². The van der Waals surface area contributed by atoms with Crippen molar-refractivity contribution in [3.05, 3.63) is 65.2 Å². The van der Waals surface area contributed by atoms with Crippen molar-refractivity contribution >= 4 is 15.7 Å². The molecule has 0 amide bonds. The van der Waals surface area contributed by atoms with Crippen LogP contribution in [0.1, 0.15) is 35.4 Å². The fourth-order valence-electron chi connectivity index (χ4n) is 5.35. The van der Waals surface area contributed by atoms with Crippen molar-refractivity contribution in [2.24, 2.45) is 0 Å². The Morgan fingerprint density at radius 1 is 1.07 bits per heavy atom. The molecular formula is C24H31N3O2S. The lowest BCUT2D eigenvalue weighted by molar-refractivity contribution is 0.0877. The number of nitrogens with zero attached hydrogens (tertiary/aromatic N) is 2. The maximum atomic E-state index is 11.5. The third-order valence-electron chi connectivity index (χ3n) is 6.99. The summed E-state index contributed by atoms with van der Waals surface area (Å²) >= 11 is 0. The Kier molecular flexibility index (Phi) is 5.33. The minimum Gasteiger partial charge on any atom is -0.368 e. The minimum atomic E-state index is -3.14. The van der Waals surface area contributed by atoms with Gasteiger partial charge in [0.15, 0.2) is 0 Å². The van der Waals surface area contributed by atoms with E-state index in [1.807, 2.05) is 0 Å². The Labute approximate surface area is 180 Å². The standard InChI is InChI=1S/C24H31N3O2S/c1-30(28,29)25-20-16-27(17-20)21-10-8-19-9-11-24(26-12-5-13-26)23(22(19)15-21)14-18-6-3-2-4-7-18/h2-4,6-8,10,15,20,23-25H,5,9,11-14,16-17H2,1H3/t23-,24?/m1/s1. The molecule has 5 nitrogen and oxygen atoms in total. The summed E-state index contributed by atoms with van der Waals surface area (Å²) in [5.41, 5.74) is 5.62. The van der Waals surface area contributed by atoms with Gasteiger partial charge in [-0.2, -0.15) is 0 Å². The smallest absolute Gasteiger partial charge is 0.209 e. The molecule has 0 saturated carbocycles. The van der Waals surface area contributed by atoms with Gasteiger partial charge < -0.3 is 4.90 Å². The molecule has 1 unspecified atom stereocenters. The quantitative estimate of drug-likeness (QED) is 0.773. The summed E-state index contributed by atoms with van der Waals surface area (Å²) < 4.78 is 25.7. The van der Waals surface area contributed by atoms with Gasteiger partial charge in [-0.15, -0.1) is 0 Å². The molecule has 2 aliphatic heterocycles. The highest BCUT2D eigenvalue weighted by molar-refractivity contribution is 7.88. The average molecular weight is 426 g/mol. The molecule has 1 aliphatic carbocycles. The van der Waals surface area contributed by atoms with Crippen molar-refractivity contribution in [3.8, 4) is 0 Å². The first kappa shape index (κ1) is 20.0. The van der Waals surface area contributed by atoms with E-state index in [1.54, 1.807) is 0 Å². The number of anilines is 1. The molecule has 2 fully saturated rings. The summed E-state index contributed by atoms with van der Waals surface area (Å²) in [6.07, 6.45) is 6.04. The Hall–Kier alpha value is -1.89. The van der Waals surface area contributed by atoms with Gasteiger partial charge in [-0.1, -0.05) is 36.4 Å². The lowest BCUT2D eigenvalue weighted by atomic mass is 9.74. The number of fused-ring (bicyclic) bond motifs is 1. The van der Waals surface area contributed by atoms with E-state index in [4.69, 9.17) is 0 Å². The lowest BCUT2D eigenvalue weighted by Crippen LogP contribution is -2.59. The lowest BCUT2D eigenvalue weighted by Gasteiger charge is -2.46. The van der Waals surface area contributed by atoms with E-state index >= 15 is 0 Å². The fraction of sp³-hybridized carbons (Fsp3) is 0.500. The third-order valence-corrected chi connectivity index (χ3v) is 7.75. The van der Waals surface area contributed by atoms with Crippen LogP contribution >= 0.6 is 0 Å². The molecule has 2 aromatic rings. The maximum absolute atomic E-state index is 11.5. The molecule has 30 heavy (non-hydrogen) atoms. The van der Waals surface area contributed by atoms with Crippen molar-refractivity contribution in [1.29, 1.82) is 0 Å². The minimum absolute atomic E-state index is 0.0185. The monoisotopic (exact) mass is 425 g/mol. The van der Waals surface area contributed by atoms with Crippen LogP contribution in [0.3, 0.4) is 0 Å². The second-order valence-corrected chi connectivity index (χ2v) is 10.9. The van der Waals surface area contributed by atoms with Gasteiger partial charge in [-0.3, -0.25) is 4.90 Å². The molecule has 2 heterocycles. The number of hydrogen-bond acceptors (Lipinski definition) is 4. The number of rotatable bonds is 6. The van der Waals surface area contributed by atoms with Crippen LogP contribution in [0.15, 0.2) is 48.5 Å². The van der Waals surface area contributed by atoms with Crippen LogP contribution in [0.25, 0.3) is 0 Å². The summed E-state index contributed by atoms with van der Waals surface area (Å²) in [4.78, 5) is 4.97. The van der Waals surface area contributed by atoms with E-state index in [2.05, 4.69) is 63.1 Å². The predicted molar refractivity (Wildman–Crippen MR) is 122 cm³/mol. The SMILES string of the molecule is CS(=O)(=O)NC1CN(c2ccc3c(c2)[C@@H](Cc2ccccc2)C(N2CCC2)CC3)C1. The zero-order chi connectivity index (χ0) is 20.7. The van der Waals surface area contributed by atoms with Crippen LogP contribution in [0.2, 0.25) is 0 Å². The average Bonchev–Trinajstić information content (AvgIpc) is 2.64. The first-order chi connectivity index (χ1) is 14.5. The molecule has 0 bridgehead atoms. The molecule has 0 aromatic heterocycles. The van der Waals surface area contributed by atoms with Crippen LogP contribution in [0.4, 0.5) is 5.69 Å². The van der Waals surface area contributed by atoms with Gasteiger partial charge in [0.05, 0.1) is 12.3 Å². The predicted octanol–water partition coefficient (Wildman–Crippen LogP) is 2.77. The molecule has 3 aliphatic rings. The highest BCUT2D eigenvalue weighted by atomic mass is 32.2. The molecule has 5 rings (SSSR count). The summed E-state index contributed by atoms with van der Waals surface area (Å²) in [6, 6.07) is 18.4. The van der Waals surface area contributed by atoms with E-state index in [0.717, 1.165) is 25.9 Å². The van der Waals surface area contributed by atoms with Gasteiger partial charge in [0.2, 0.25) is 10.0 Å². The van der Waals surface area contributed by atoms with Gasteiger partial charge in [0.25, 0.3) is 0 Å². The Morgan fingerprint density at radius 2 is 1.83 bits per heavy atom. The normalized spacial score (nSPS) is 24.8. The molecular weight excluding hydrogens is 394 g/mol. The Bertz CT molecular complexity index is 998. The van der Waals surface area contributed by atoms with Gasteiger partial charge in [0.1, 0.15) is 0 Å². The highest BCUT2D eigenvalue weighted by Crippen LogP contribution is 2.40. The van der Waals surface area contributed by atoms with Crippen molar-refractivity contribution < 1.29 is 8.42 Å². The second kappa shape index (κ2) is 7.98. The molecule has 0 radical (unpaired) electrons. The van der Waals surface area contributed by atoms with E-state index in [1.165, 1.54) is 54.6 Å². The summed E-state index contributed by atoms with van der Waals surface area (Å²) in [7, 11) is -3.14. The zero-order valence-electron chi connectivity index (χ0n) is 17.6. The number of sulfonamides is 1. The second-order valence-electron chi connectivity index (χ2n) is 9.17. The number of aryl methyl sites for hydroxylation is 1. The molecule has 6 heteroatoms. The largest absolute Gasteiger partial charge is 0.368 e. The fourth-order valence-corrected chi connectivity index (χ4v) is 6.11. The number of nitrogens with one attached hydrogen (secondary N) is 1. The van der Waals surface area contributed by atoms with Crippen molar-refractivity contribution in [3.63, 3.8) is 0 Å². The number of likely N-dealkylation sites (tertiary alicyclic amines) is 1. The van der Waals surface area contributed by atoms with Crippen LogP contribution < -0.4 is 9.62 Å².